The number of rotatable bonds is 3. The standard InChI is InChI=1S/C13H16N2O/c1-9(14)13(16)7-10-8-15(2)12-6-4-3-5-11(10)12/h3-6,8-9H,7,14H2,1-2H3. The van der Waals surface area contributed by atoms with E-state index in [2.05, 4.69) is 6.07 Å². The molecule has 3 nitrogen and oxygen atoms in total. The van der Waals surface area contributed by atoms with Crippen LogP contribution in [0.5, 0.6) is 0 Å². The van der Waals surface area contributed by atoms with E-state index in [0.29, 0.717) is 6.42 Å². The average Bonchev–Trinajstić information content (AvgIpc) is 2.57. The molecule has 2 N–H and O–H groups in total. The molecule has 2 aromatic rings. The Morgan fingerprint density at radius 2 is 2.12 bits per heavy atom. The topological polar surface area (TPSA) is 48.0 Å². The minimum Gasteiger partial charge on any atom is -0.350 e. The number of aryl methyl sites for hydroxylation is 1. The van der Waals surface area contributed by atoms with E-state index in [-0.39, 0.29) is 11.8 Å². The number of carbonyl (C=O) groups excluding carboxylic acids is 1. The fourth-order valence-electron chi connectivity index (χ4n) is 1.92. The number of fused-ring (bicyclic) bond motifs is 1. The van der Waals surface area contributed by atoms with Crippen LogP contribution in [0.2, 0.25) is 0 Å². The number of para-hydroxylation sites is 1. The first kappa shape index (κ1) is 10.9. The van der Waals surface area contributed by atoms with E-state index in [4.69, 9.17) is 5.73 Å². The van der Waals surface area contributed by atoms with Crippen LogP contribution in [0.15, 0.2) is 30.5 Å². The Morgan fingerprint density at radius 1 is 1.44 bits per heavy atom. The van der Waals surface area contributed by atoms with Crippen LogP contribution in [-0.4, -0.2) is 16.4 Å². The highest BCUT2D eigenvalue weighted by Gasteiger charge is 2.12. The predicted molar refractivity (Wildman–Crippen MR) is 65.3 cm³/mol. The van der Waals surface area contributed by atoms with Gasteiger partial charge in [0, 0.05) is 30.6 Å². The van der Waals surface area contributed by atoms with Crippen molar-refractivity contribution in [2.45, 2.75) is 19.4 Å². The number of ketones is 1. The van der Waals surface area contributed by atoms with E-state index in [1.54, 1.807) is 6.92 Å². The molecule has 0 radical (unpaired) electrons. The van der Waals surface area contributed by atoms with E-state index in [1.165, 1.54) is 0 Å². The summed E-state index contributed by atoms with van der Waals surface area (Å²) in [7, 11) is 1.99. The van der Waals surface area contributed by atoms with Gasteiger partial charge in [0.05, 0.1) is 6.04 Å². The predicted octanol–water partition coefficient (Wildman–Crippen LogP) is 1.64. The largest absolute Gasteiger partial charge is 0.350 e. The van der Waals surface area contributed by atoms with E-state index in [0.717, 1.165) is 16.5 Å². The number of nitrogens with two attached hydrogens (primary N) is 1. The van der Waals surface area contributed by atoms with Gasteiger partial charge in [-0.2, -0.15) is 0 Å². The van der Waals surface area contributed by atoms with Crippen molar-refractivity contribution in [1.29, 1.82) is 0 Å². The maximum atomic E-state index is 11.6. The van der Waals surface area contributed by atoms with Gasteiger partial charge >= 0.3 is 0 Å². The van der Waals surface area contributed by atoms with Gasteiger partial charge in [-0.05, 0) is 18.6 Å². The first-order valence-electron chi connectivity index (χ1n) is 5.41. The Bertz CT molecular complexity index is 526. The first-order chi connectivity index (χ1) is 7.59. The molecule has 0 saturated carbocycles. The minimum absolute atomic E-state index is 0.0800. The Morgan fingerprint density at radius 3 is 2.81 bits per heavy atom. The van der Waals surface area contributed by atoms with Crippen molar-refractivity contribution in [2.24, 2.45) is 12.8 Å². The molecule has 1 heterocycles. The summed E-state index contributed by atoms with van der Waals surface area (Å²) in [6.07, 6.45) is 2.42. The van der Waals surface area contributed by atoms with Crippen molar-refractivity contribution in [3.8, 4) is 0 Å². The summed E-state index contributed by atoms with van der Waals surface area (Å²) < 4.78 is 2.04. The molecule has 1 aromatic carbocycles. The van der Waals surface area contributed by atoms with Gasteiger partial charge in [-0.3, -0.25) is 4.79 Å². The fraction of sp³-hybridized carbons (Fsp3) is 0.308. The Balaban J connectivity index is 2.42. The molecule has 0 bridgehead atoms. The van der Waals surface area contributed by atoms with E-state index < -0.39 is 0 Å². The summed E-state index contributed by atoms with van der Waals surface area (Å²) in [6.45, 7) is 1.73. The minimum atomic E-state index is -0.390. The fourth-order valence-corrected chi connectivity index (χ4v) is 1.92. The third-order valence-electron chi connectivity index (χ3n) is 2.85. The molecular weight excluding hydrogens is 200 g/mol. The molecule has 0 amide bonds. The van der Waals surface area contributed by atoms with Crippen molar-refractivity contribution >= 4 is 16.7 Å². The number of aromatic nitrogens is 1. The van der Waals surface area contributed by atoms with Crippen LogP contribution in [-0.2, 0) is 18.3 Å². The van der Waals surface area contributed by atoms with Gasteiger partial charge in [-0.25, -0.2) is 0 Å². The summed E-state index contributed by atoms with van der Waals surface area (Å²) >= 11 is 0. The number of carbonyl (C=O) groups is 1. The number of benzene rings is 1. The molecule has 0 saturated heterocycles. The molecule has 2 rings (SSSR count). The van der Waals surface area contributed by atoms with E-state index in [9.17, 15) is 4.79 Å². The number of nitrogens with zero attached hydrogens (tertiary/aromatic N) is 1. The van der Waals surface area contributed by atoms with Gasteiger partial charge in [0.1, 0.15) is 0 Å². The van der Waals surface area contributed by atoms with Crippen LogP contribution in [0.25, 0.3) is 10.9 Å². The zero-order valence-electron chi connectivity index (χ0n) is 9.60. The smallest absolute Gasteiger partial charge is 0.153 e. The second-order valence-corrected chi connectivity index (χ2v) is 4.21. The molecule has 1 unspecified atom stereocenters. The third kappa shape index (κ3) is 1.86. The Hall–Kier alpha value is -1.61. The average molecular weight is 216 g/mol. The van der Waals surface area contributed by atoms with Crippen LogP contribution in [0.1, 0.15) is 12.5 Å². The van der Waals surface area contributed by atoms with Gasteiger partial charge in [-0.1, -0.05) is 18.2 Å². The molecule has 0 aliphatic carbocycles. The molecule has 0 spiro atoms. The Kier molecular flexibility index (Phi) is 2.79. The van der Waals surface area contributed by atoms with Crippen molar-refractivity contribution in [2.75, 3.05) is 0 Å². The molecule has 16 heavy (non-hydrogen) atoms. The first-order valence-corrected chi connectivity index (χ1v) is 5.41. The SMILES string of the molecule is CC(N)C(=O)Cc1cn(C)c2ccccc12. The molecule has 84 valence electrons. The summed E-state index contributed by atoms with van der Waals surface area (Å²) in [5.74, 6) is 0.0800. The monoisotopic (exact) mass is 216 g/mol. The number of Topliss-reactive ketones (excluding diaryl/α,β-unsaturated/α-hetero) is 1. The molecule has 0 aliphatic heterocycles. The van der Waals surface area contributed by atoms with Crippen LogP contribution < -0.4 is 5.73 Å². The second-order valence-electron chi connectivity index (χ2n) is 4.21. The van der Waals surface area contributed by atoms with Gasteiger partial charge < -0.3 is 10.3 Å². The lowest BCUT2D eigenvalue weighted by molar-refractivity contribution is -0.119. The van der Waals surface area contributed by atoms with E-state index >= 15 is 0 Å². The quantitative estimate of drug-likeness (QED) is 0.847. The Labute approximate surface area is 94.9 Å². The molecule has 1 atom stereocenters. The van der Waals surface area contributed by atoms with Crippen molar-refractivity contribution < 1.29 is 4.79 Å². The van der Waals surface area contributed by atoms with Gasteiger partial charge in [0.2, 0.25) is 0 Å². The summed E-state index contributed by atoms with van der Waals surface area (Å²) in [5.41, 5.74) is 7.78. The number of hydrogen-bond acceptors (Lipinski definition) is 2. The number of hydrogen-bond donors (Lipinski definition) is 1. The lowest BCUT2D eigenvalue weighted by atomic mass is 10.0. The second kappa shape index (κ2) is 4.10. The lowest BCUT2D eigenvalue weighted by Crippen LogP contribution is -2.27. The summed E-state index contributed by atoms with van der Waals surface area (Å²) in [4.78, 5) is 11.6. The highest BCUT2D eigenvalue weighted by molar-refractivity contribution is 5.92. The normalized spacial score (nSPS) is 12.9. The zero-order valence-corrected chi connectivity index (χ0v) is 9.60. The van der Waals surface area contributed by atoms with Gasteiger partial charge in [0.15, 0.2) is 5.78 Å². The highest BCUT2D eigenvalue weighted by atomic mass is 16.1. The third-order valence-corrected chi connectivity index (χ3v) is 2.85. The highest BCUT2D eigenvalue weighted by Crippen LogP contribution is 2.20. The lowest BCUT2D eigenvalue weighted by Gasteiger charge is -2.02. The summed E-state index contributed by atoms with van der Waals surface area (Å²) in [6, 6.07) is 7.69. The van der Waals surface area contributed by atoms with Crippen LogP contribution in [0.4, 0.5) is 0 Å². The van der Waals surface area contributed by atoms with Gasteiger partial charge in [0.25, 0.3) is 0 Å². The van der Waals surface area contributed by atoms with Crippen LogP contribution in [0.3, 0.4) is 0 Å². The zero-order chi connectivity index (χ0) is 11.7. The summed E-state index contributed by atoms with van der Waals surface area (Å²) in [5, 5.41) is 1.14. The van der Waals surface area contributed by atoms with Crippen molar-refractivity contribution in [3.05, 3.63) is 36.0 Å². The van der Waals surface area contributed by atoms with Gasteiger partial charge in [-0.15, -0.1) is 0 Å². The maximum absolute atomic E-state index is 11.6. The molecular formula is C13H16N2O. The van der Waals surface area contributed by atoms with Crippen LogP contribution >= 0.6 is 0 Å². The molecule has 3 heteroatoms. The van der Waals surface area contributed by atoms with Crippen molar-refractivity contribution in [3.63, 3.8) is 0 Å². The van der Waals surface area contributed by atoms with Crippen molar-refractivity contribution in [1.82, 2.24) is 4.57 Å². The van der Waals surface area contributed by atoms with E-state index in [1.807, 2.05) is 36.0 Å². The molecule has 0 aliphatic rings. The van der Waals surface area contributed by atoms with Crippen LogP contribution in [0, 0.1) is 0 Å². The maximum Gasteiger partial charge on any atom is 0.153 e. The molecule has 1 aromatic heterocycles. The molecule has 0 fully saturated rings.